The molecule has 0 bridgehead atoms. The highest BCUT2D eigenvalue weighted by Crippen LogP contribution is 2.48. The Morgan fingerprint density at radius 3 is 2.27 bits per heavy atom. The van der Waals surface area contributed by atoms with Crippen LogP contribution in [0.3, 0.4) is 0 Å². The second-order valence-corrected chi connectivity index (χ2v) is 14.9. The van der Waals surface area contributed by atoms with E-state index in [0.717, 1.165) is 24.3 Å². The molecule has 3 heterocycles. The summed E-state index contributed by atoms with van der Waals surface area (Å²) < 4.78 is 89.9. The zero-order chi connectivity index (χ0) is 37.6. The molecule has 1 spiro atoms. The molecular formula is C37H40F6N4O5. The maximum absolute atomic E-state index is 13.8. The Kier molecular flexibility index (Phi) is 9.96. The van der Waals surface area contributed by atoms with Gasteiger partial charge in [-0.1, -0.05) is 30.3 Å². The van der Waals surface area contributed by atoms with Crippen molar-refractivity contribution in [2.45, 2.75) is 70.7 Å². The molecule has 3 fully saturated rings. The van der Waals surface area contributed by atoms with Crippen LogP contribution in [0.2, 0.25) is 0 Å². The molecule has 1 saturated carbocycles. The highest BCUT2D eigenvalue weighted by atomic mass is 19.4. The molecular weight excluding hydrogens is 694 g/mol. The number of carbonyl (C=O) groups excluding carboxylic acids is 2. The van der Waals surface area contributed by atoms with Crippen LogP contribution in [0.15, 0.2) is 54.9 Å². The minimum absolute atomic E-state index is 0.00287. The fraction of sp³-hybridized carbons (Fsp3) is 0.514. The average Bonchev–Trinajstić information content (AvgIpc) is 3.69. The lowest BCUT2D eigenvalue weighted by Crippen LogP contribution is -2.66. The van der Waals surface area contributed by atoms with Gasteiger partial charge in [-0.3, -0.25) is 14.3 Å². The summed E-state index contributed by atoms with van der Waals surface area (Å²) in [4.78, 5) is 41.9. The molecule has 52 heavy (non-hydrogen) atoms. The second-order valence-electron chi connectivity index (χ2n) is 14.9. The zero-order valence-electron chi connectivity index (χ0n) is 28.8. The van der Waals surface area contributed by atoms with Gasteiger partial charge in [-0.2, -0.15) is 18.3 Å². The number of amides is 2. The molecule has 280 valence electrons. The second kappa shape index (κ2) is 13.9. The first-order valence-corrected chi connectivity index (χ1v) is 17.1. The molecule has 2 aromatic carbocycles. The van der Waals surface area contributed by atoms with E-state index < -0.39 is 40.7 Å². The van der Waals surface area contributed by atoms with Crippen molar-refractivity contribution in [2.75, 3.05) is 32.8 Å². The smallest absolute Gasteiger partial charge is 0.402 e. The van der Waals surface area contributed by atoms with E-state index in [1.54, 1.807) is 41.4 Å². The topological polar surface area (TPSA) is 105 Å². The van der Waals surface area contributed by atoms with E-state index in [0.29, 0.717) is 11.1 Å². The van der Waals surface area contributed by atoms with Gasteiger partial charge in [-0.15, -0.1) is 0 Å². The van der Waals surface area contributed by atoms with Crippen LogP contribution in [0.4, 0.5) is 26.3 Å². The Labute approximate surface area is 296 Å². The van der Waals surface area contributed by atoms with Crippen LogP contribution >= 0.6 is 0 Å². The fourth-order valence-electron chi connectivity index (χ4n) is 7.67. The lowest BCUT2D eigenvalue weighted by Gasteiger charge is -2.52. The molecule has 3 aliphatic rings. The number of carbonyl (C=O) groups is 3. The van der Waals surface area contributed by atoms with Crippen LogP contribution in [0.25, 0.3) is 0 Å². The molecule has 0 unspecified atom stereocenters. The van der Waals surface area contributed by atoms with Gasteiger partial charge < -0.3 is 19.6 Å². The van der Waals surface area contributed by atoms with Crippen LogP contribution in [0.1, 0.15) is 82.9 Å². The summed E-state index contributed by atoms with van der Waals surface area (Å²) >= 11 is 0. The number of aromatic nitrogens is 2. The molecule has 2 aliphatic heterocycles. The maximum Gasteiger partial charge on any atom is 0.402 e. The van der Waals surface area contributed by atoms with E-state index in [1.807, 2.05) is 0 Å². The van der Waals surface area contributed by atoms with Crippen LogP contribution in [-0.4, -0.2) is 87.4 Å². The number of likely N-dealkylation sites (tertiary alicyclic amines) is 2. The van der Waals surface area contributed by atoms with Crippen molar-refractivity contribution in [1.29, 1.82) is 0 Å². The van der Waals surface area contributed by atoms with E-state index in [2.05, 4.69) is 5.10 Å². The van der Waals surface area contributed by atoms with Gasteiger partial charge in [0.05, 0.1) is 37.1 Å². The third-order valence-corrected chi connectivity index (χ3v) is 10.9. The first-order valence-electron chi connectivity index (χ1n) is 17.1. The minimum Gasteiger partial charge on any atom is -0.478 e. The van der Waals surface area contributed by atoms with Gasteiger partial charge >= 0.3 is 12.1 Å². The Morgan fingerprint density at radius 2 is 1.63 bits per heavy atom. The fourth-order valence-corrected chi connectivity index (χ4v) is 7.67. The summed E-state index contributed by atoms with van der Waals surface area (Å²) in [5, 5.41) is 14.4. The number of aromatic carboxylic acids is 1. The van der Waals surface area contributed by atoms with Crippen molar-refractivity contribution in [3.05, 3.63) is 88.5 Å². The van der Waals surface area contributed by atoms with Crippen molar-refractivity contribution in [1.82, 2.24) is 19.6 Å². The molecule has 1 atom stereocenters. The molecule has 3 aromatic rings. The number of rotatable bonds is 10. The summed E-state index contributed by atoms with van der Waals surface area (Å²) in [6.45, 7) is 2.06. The van der Waals surface area contributed by atoms with Gasteiger partial charge in [0.25, 0.3) is 5.91 Å². The lowest BCUT2D eigenvalue weighted by molar-refractivity contribution is -0.223. The standard InChI is InChI=1S/C37H40F6N4O5/c1-34(2,37(41,42)43)33(51)46-21-35(22-46)20-45(31(48)26-14-44-47(16-26)15-23-6-8-28(38)9-7-23)17-27(35)19-52-18-25-4-3-5-29(30(25)32(49)50)24-10-12-36(39,40)13-11-24/h3-9,14,16,24,27H,10-13,15,17-22H2,1-2H3,(H,49,50)/t27-/m0/s1. The Bertz CT molecular complexity index is 1810. The van der Waals surface area contributed by atoms with E-state index in [-0.39, 0.29) is 100 Å². The van der Waals surface area contributed by atoms with Crippen molar-refractivity contribution in [3.8, 4) is 0 Å². The quantitative estimate of drug-likeness (QED) is 0.231. The van der Waals surface area contributed by atoms with E-state index in [9.17, 15) is 45.8 Å². The number of hydrogen-bond acceptors (Lipinski definition) is 5. The molecule has 0 radical (unpaired) electrons. The van der Waals surface area contributed by atoms with Gasteiger partial charge in [0.2, 0.25) is 11.8 Å². The summed E-state index contributed by atoms with van der Waals surface area (Å²) in [7, 11) is 0. The average molecular weight is 735 g/mol. The zero-order valence-corrected chi connectivity index (χ0v) is 28.8. The number of carboxylic acid groups (broad SMARTS) is 1. The van der Waals surface area contributed by atoms with Crippen LogP contribution in [0, 0.1) is 22.6 Å². The Morgan fingerprint density at radius 1 is 0.981 bits per heavy atom. The molecule has 1 aromatic heterocycles. The molecule has 9 nitrogen and oxygen atoms in total. The van der Waals surface area contributed by atoms with Crippen molar-refractivity contribution < 1.29 is 50.6 Å². The van der Waals surface area contributed by atoms with Crippen LogP contribution < -0.4 is 0 Å². The first-order chi connectivity index (χ1) is 24.4. The van der Waals surface area contributed by atoms with Gasteiger partial charge in [0.1, 0.15) is 11.2 Å². The molecule has 1 N–H and O–H groups in total. The first kappa shape index (κ1) is 37.4. The lowest BCUT2D eigenvalue weighted by atomic mass is 9.70. The van der Waals surface area contributed by atoms with Crippen LogP contribution in [0.5, 0.6) is 0 Å². The van der Waals surface area contributed by atoms with Crippen molar-refractivity contribution in [2.24, 2.45) is 16.7 Å². The van der Waals surface area contributed by atoms with E-state index in [1.165, 1.54) is 23.0 Å². The highest BCUT2D eigenvalue weighted by molar-refractivity contribution is 5.94. The number of nitrogens with zero attached hydrogens (tertiary/aromatic N) is 4. The van der Waals surface area contributed by atoms with Crippen LogP contribution in [-0.2, 0) is 22.7 Å². The van der Waals surface area contributed by atoms with E-state index >= 15 is 0 Å². The molecule has 2 saturated heterocycles. The minimum atomic E-state index is -4.77. The third kappa shape index (κ3) is 7.42. The Hall–Kier alpha value is -4.40. The SMILES string of the molecule is CC(C)(C(=O)N1CC2(CN(C(=O)c3cnn(Cc4ccc(F)cc4)c3)C[C@H]2COCc2cccc(C3CCC(F)(F)CC3)c2C(=O)O)C1)C(F)(F)F. The monoisotopic (exact) mass is 734 g/mol. The molecule has 6 rings (SSSR count). The van der Waals surface area contributed by atoms with Gasteiger partial charge in [-0.25, -0.2) is 18.0 Å². The van der Waals surface area contributed by atoms with Gasteiger partial charge in [-0.05, 0) is 61.4 Å². The molecule has 2 amide bonds. The highest BCUT2D eigenvalue weighted by Gasteiger charge is 2.61. The number of ether oxygens (including phenoxy) is 1. The summed E-state index contributed by atoms with van der Waals surface area (Å²) in [5.74, 6) is -6.57. The third-order valence-electron chi connectivity index (χ3n) is 10.9. The van der Waals surface area contributed by atoms with Crippen molar-refractivity contribution >= 4 is 17.8 Å². The summed E-state index contributed by atoms with van der Waals surface area (Å²) in [5.41, 5.74) is -1.52. The van der Waals surface area contributed by atoms with Crippen molar-refractivity contribution in [3.63, 3.8) is 0 Å². The van der Waals surface area contributed by atoms with Gasteiger partial charge in [0.15, 0.2) is 0 Å². The molecule has 1 aliphatic carbocycles. The number of halogens is 6. The predicted molar refractivity (Wildman–Crippen MR) is 175 cm³/mol. The maximum atomic E-state index is 13.8. The van der Waals surface area contributed by atoms with Gasteiger partial charge in [0, 0.05) is 56.6 Å². The Balaban J connectivity index is 1.18. The number of benzene rings is 2. The molecule has 15 heteroatoms. The normalized spacial score (nSPS) is 20.3. The number of carboxylic acids is 1. The van der Waals surface area contributed by atoms with E-state index in [4.69, 9.17) is 4.74 Å². The summed E-state index contributed by atoms with van der Waals surface area (Å²) in [6.07, 6.45) is -2.17. The summed E-state index contributed by atoms with van der Waals surface area (Å²) in [6, 6.07) is 10.7. The number of hydrogen-bond donors (Lipinski definition) is 1. The largest absolute Gasteiger partial charge is 0.478 e. The predicted octanol–water partition coefficient (Wildman–Crippen LogP) is 6.77. The number of alkyl halides is 5.